The molecule has 0 radical (unpaired) electrons. The Morgan fingerprint density at radius 2 is 1.87 bits per heavy atom. The molecule has 1 aromatic heterocycles. The smallest absolute Gasteiger partial charge is 0.286 e. The maximum atomic E-state index is 12.9. The van der Waals surface area contributed by atoms with E-state index in [1.165, 1.54) is 0 Å². The van der Waals surface area contributed by atoms with Crippen molar-refractivity contribution < 1.29 is 14.4 Å². The van der Waals surface area contributed by atoms with Crippen molar-refractivity contribution in [2.75, 3.05) is 25.0 Å². The Kier molecular flexibility index (Phi) is 7.73. The molecule has 2 aromatic rings. The van der Waals surface area contributed by atoms with Gasteiger partial charge in [0.1, 0.15) is 0 Å². The van der Waals surface area contributed by atoms with Crippen LogP contribution >= 0.6 is 11.3 Å². The van der Waals surface area contributed by atoms with Crippen LogP contribution in [0.5, 0.6) is 0 Å². The molecule has 31 heavy (non-hydrogen) atoms. The molecule has 2 heterocycles. The lowest BCUT2D eigenvalue weighted by molar-refractivity contribution is -0.126. The van der Waals surface area contributed by atoms with E-state index in [1.54, 1.807) is 17.0 Å². The van der Waals surface area contributed by atoms with Crippen molar-refractivity contribution >= 4 is 34.7 Å². The lowest BCUT2D eigenvalue weighted by Crippen LogP contribution is -2.45. The second-order valence-corrected chi connectivity index (χ2v) is 9.27. The summed E-state index contributed by atoms with van der Waals surface area (Å²) in [6.07, 6.45) is 2.45. The fraction of sp³-hybridized carbons (Fsp3) is 0.500. The fourth-order valence-electron chi connectivity index (χ4n) is 3.36. The molecular weight excluding hydrogens is 414 g/mol. The number of likely N-dealkylation sites (tertiary alicyclic amines) is 1. The molecule has 0 saturated carbocycles. The van der Waals surface area contributed by atoms with Crippen LogP contribution in [0.25, 0.3) is 0 Å². The van der Waals surface area contributed by atoms with Crippen molar-refractivity contribution in [2.45, 2.75) is 40.0 Å². The highest BCUT2D eigenvalue weighted by atomic mass is 32.1. The Morgan fingerprint density at radius 1 is 1.16 bits per heavy atom. The van der Waals surface area contributed by atoms with Gasteiger partial charge in [-0.3, -0.25) is 14.4 Å². The zero-order valence-electron chi connectivity index (χ0n) is 18.2. The zero-order chi connectivity index (χ0) is 22.4. The fourth-order valence-corrected chi connectivity index (χ4v) is 4.07. The van der Waals surface area contributed by atoms with Crippen LogP contribution in [0.15, 0.2) is 24.3 Å². The van der Waals surface area contributed by atoms with Gasteiger partial charge in [0.2, 0.25) is 15.9 Å². The number of carbonyl (C=O) groups excluding carboxylic acids is 3. The molecule has 3 rings (SSSR count). The first-order valence-corrected chi connectivity index (χ1v) is 11.4. The number of nitrogens with zero attached hydrogens (tertiary/aromatic N) is 3. The predicted octanol–water partition coefficient (Wildman–Crippen LogP) is 3.11. The molecule has 1 aromatic carbocycles. The molecule has 1 saturated heterocycles. The first-order chi connectivity index (χ1) is 14.8. The second-order valence-electron chi connectivity index (χ2n) is 8.30. The van der Waals surface area contributed by atoms with E-state index in [4.69, 9.17) is 0 Å². The Balaban J connectivity index is 1.57. The molecule has 1 aliphatic heterocycles. The SMILES string of the molecule is Cc1ccc(NC(=O)c2nnc(C(=O)N3CCCC(C(=O)NCCC(C)C)C3)s2)cc1. The van der Waals surface area contributed by atoms with Crippen LogP contribution in [0.2, 0.25) is 0 Å². The van der Waals surface area contributed by atoms with E-state index in [0.717, 1.165) is 36.2 Å². The van der Waals surface area contributed by atoms with Crippen molar-refractivity contribution in [3.8, 4) is 0 Å². The van der Waals surface area contributed by atoms with Crippen LogP contribution < -0.4 is 10.6 Å². The molecule has 1 unspecified atom stereocenters. The third-order valence-corrected chi connectivity index (χ3v) is 6.12. The average Bonchev–Trinajstić information content (AvgIpc) is 3.25. The summed E-state index contributed by atoms with van der Waals surface area (Å²) in [5.41, 5.74) is 1.75. The number of piperidine rings is 1. The summed E-state index contributed by atoms with van der Waals surface area (Å²) in [5.74, 6) is -0.386. The summed E-state index contributed by atoms with van der Waals surface area (Å²) in [6.45, 7) is 7.77. The number of aryl methyl sites for hydroxylation is 1. The number of carbonyl (C=O) groups is 3. The summed E-state index contributed by atoms with van der Waals surface area (Å²) in [7, 11) is 0. The maximum absolute atomic E-state index is 12.9. The van der Waals surface area contributed by atoms with Crippen LogP contribution in [0.3, 0.4) is 0 Å². The standard InChI is InChI=1S/C22H29N5O3S/c1-14(2)10-11-23-18(28)16-5-4-12-27(13-16)22(30)21-26-25-20(31-21)19(29)24-17-8-6-15(3)7-9-17/h6-9,14,16H,4-5,10-13H2,1-3H3,(H,23,28)(H,24,29). The molecule has 2 N–H and O–H groups in total. The quantitative estimate of drug-likeness (QED) is 0.684. The molecule has 0 aliphatic carbocycles. The van der Waals surface area contributed by atoms with Crippen molar-refractivity contribution in [1.29, 1.82) is 0 Å². The third kappa shape index (κ3) is 6.33. The van der Waals surface area contributed by atoms with Crippen LogP contribution in [-0.2, 0) is 4.79 Å². The van der Waals surface area contributed by atoms with E-state index < -0.39 is 5.91 Å². The molecule has 1 atom stereocenters. The molecular formula is C22H29N5O3S. The van der Waals surface area contributed by atoms with Crippen LogP contribution in [0.1, 0.15) is 58.3 Å². The summed E-state index contributed by atoms with van der Waals surface area (Å²) < 4.78 is 0. The number of anilines is 1. The van der Waals surface area contributed by atoms with Gasteiger partial charge >= 0.3 is 0 Å². The van der Waals surface area contributed by atoms with Gasteiger partial charge < -0.3 is 15.5 Å². The molecule has 8 nitrogen and oxygen atoms in total. The highest BCUT2D eigenvalue weighted by Crippen LogP contribution is 2.21. The summed E-state index contributed by atoms with van der Waals surface area (Å²) in [6, 6.07) is 7.41. The lowest BCUT2D eigenvalue weighted by atomic mass is 9.97. The lowest BCUT2D eigenvalue weighted by Gasteiger charge is -2.31. The van der Waals surface area contributed by atoms with E-state index in [-0.39, 0.29) is 27.7 Å². The largest absolute Gasteiger partial charge is 0.356 e. The van der Waals surface area contributed by atoms with Gasteiger partial charge in [-0.05, 0) is 44.2 Å². The molecule has 0 bridgehead atoms. The van der Waals surface area contributed by atoms with Gasteiger partial charge in [0.05, 0.1) is 5.92 Å². The van der Waals surface area contributed by atoms with E-state index >= 15 is 0 Å². The van der Waals surface area contributed by atoms with E-state index in [0.29, 0.717) is 31.2 Å². The van der Waals surface area contributed by atoms with Gasteiger partial charge in [-0.15, -0.1) is 10.2 Å². The van der Waals surface area contributed by atoms with Gasteiger partial charge in [-0.25, -0.2) is 0 Å². The summed E-state index contributed by atoms with van der Waals surface area (Å²) >= 11 is 0.966. The first kappa shape index (κ1) is 22.9. The van der Waals surface area contributed by atoms with Gasteiger partial charge in [-0.2, -0.15) is 0 Å². The molecule has 3 amide bonds. The number of benzene rings is 1. The van der Waals surface area contributed by atoms with Gasteiger partial charge in [-0.1, -0.05) is 42.9 Å². The number of rotatable bonds is 7. The number of hydrogen-bond donors (Lipinski definition) is 2. The number of amides is 3. The second kappa shape index (κ2) is 10.5. The molecule has 166 valence electrons. The van der Waals surface area contributed by atoms with Crippen LogP contribution in [0.4, 0.5) is 5.69 Å². The number of aromatic nitrogens is 2. The van der Waals surface area contributed by atoms with Crippen molar-refractivity contribution in [2.24, 2.45) is 11.8 Å². The molecule has 0 spiro atoms. The van der Waals surface area contributed by atoms with Gasteiger partial charge in [0.25, 0.3) is 11.8 Å². The monoisotopic (exact) mass is 443 g/mol. The Morgan fingerprint density at radius 3 is 2.58 bits per heavy atom. The van der Waals surface area contributed by atoms with E-state index in [9.17, 15) is 14.4 Å². The highest BCUT2D eigenvalue weighted by Gasteiger charge is 2.30. The first-order valence-electron chi connectivity index (χ1n) is 10.6. The zero-order valence-corrected chi connectivity index (χ0v) is 19.0. The summed E-state index contributed by atoms with van der Waals surface area (Å²) in [5, 5.41) is 13.8. The van der Waals surface area contributed by atoms with Gasteiger partial charge in [0.15, 0.2) is 0 Å². The Hall–Kier alpha value is -2.81. The minimum absolute atomic E-state index is 0.00595. The molecule has 1 fully saturated rings. The highest BCUT2D eigenvalue weighted by molar-refractivity contribution is 7.15. The third-order valence-electron chi connectivity index (χ3n) is 5.21. The van der Waals surface area contributed by atoms with Gasteiger partial charge in [0, 0.05) is 25.3 Å². The van der Waals surface area contributed by atoms with Crippen molar-refractivity contribution in [3.63, 3.8) is 0 Å². The van der Waals surface area contributed by atoms with Crippen LogP contribution in [0, 0.1) is 18.8 Å². The van der Waals surface area contributed by atoms with Crippen molar-refractivity contribution in [3.05, 3.63) is 39.8 Å². The average molecular weight is 444 g/mol. The molecule has 1 aliphatic rings. The maximum Gasteiger partial charge on any atom is 0.286 e. The predicted molar refractivity (Wildman–Crippen MR) is 120 cm³/mol. The van der Waals surface area contributed by atoms with E-state index in [1.807, 2.05) is 19.1 Å². The van der Waals surface area contributed by atoms with Crippen molar-refractivity contribution in [1.82, 2.24) is 20.4 Å². The Bertz CT molecular complexity index is 925. The minimum atomic E-state index is -0.401. The number of hydrogen-bond acceptors (Lipinski definition) is 6. The topological polar surface area (TPSA) is 104 Å². The van der Waals surface area contributed by atoms with E-state index in [2.05, 4.69) is 34.7 Å². The normalized spacial score (nSPS) is 16.3. The Labute approximate surface area is 186 Å². The summed E-state index contributed by atoms with van der Waals surface area (Å²) in [4.78, 5) is 39.4. The number of nitrogens with one attached hydrogen (secondary N) is 2. The minimum Gasteiger partial charge on any atom is -0.356 e. The van der Waals surface area contributed by atoms with Crippen LogP contribution in [-0.4, -0.2) is 52.5 Å². The molecule has 9 heteroatoms.